The van der Waals surface area contributed by atoms with E-state index in [9.17, 15) is 9.18 Å². The first-order valence-electron chi connectivity index (χ1n) is 5.34. The van der Waals surface area contributed by atoms with Crippen LogP contribution in [-0.2, 0) is 22.7 Å². The summed E-state index contributed by atoms with van der Waals surface area (Å²) in [6.07, 6.45) is 0. The predicted octanol–water partition coefficient (Wildman–Crippen LogP) is 1.36. The summed E-state index contributed by atoms with van der Waals surface area (Å²) >= 11 is 0. The van der Waals surface area contributed by atoms with Gasteiger partial charge >= 0.3 is 0 Å². The van der Waals surface area contributed by atoms with Gasteiger partial charge in [-0.05, 0) is 24.6 Å². The molecule has 0 fully saturated rings. The molecule has 18 heavy (non-hydrogen) atoms. The van der Waals surface area contributed by atoms with Gasteiger partial charge in [0, 0.05) is 19.2 Å². The molecule has 0 spiro atoms. The van der Waals surface area contributed by atoms with Gasteiger partial charge in [-0.3, -0.25) is 4.79 Å². The number of nitrogens with one attached hydrogen (secondary N) is 1. The molecular weight excluding hydrogens is 259 g/mol. The van der Waals surface area contributed by atoms with E-state index < -0.39 is 6.04 Å². The smallest absolute Gasteiger partial charge is 0.236 e. The van der Waals surface area contributed by atoms with E-state index in [1.165, 1.54) is 13.2 Å². The van der Waals surface area contributed by atoms with E-state index in [0.717, 1.165) is 5.56 Å². The number of nitrogens with two attached hydrogens (primary N) is 1. The molecule has 0 aliphatic rings. The molecule has 0 saturated heterocycles. The van der Waals surface area contributed by atoms with Crippen LogP contribution in [0.1, 0.15) is 18.1 Å². The highest BCUT2D eigenvalue weighted by Gasteiger charge is 2.07. The molecule has 6 heteroatoms. The monoisotopic (exact) mass is 276 g/mol. The summed E-state index contributed by atoms with van der Waals surface area (Å²) in [6, 6.07) is 4.10. The molecule has 0 aliphatic heterocycles. The second-order valence-corrected chi connectivity index (χ2v) is 3.87. The SMILES string of the molecule is COCc1cc(CNC(=O)[C@H](C)N)ccc1F.Cl. The van der Waals surface area contributed by atoms with Gasteiger partial charge in [0.05, 0.1) is 12.6 Å². The van der Waals surface area contributed by atoms with Crippen LogP contribution in [0.15, 0.2) is 18.2 Å². The minimum Gasteiger partial charge on any atom is -0.380 e. The summed E-state index contributed by atoms with van der Waals surface area (Å²) in [5.41, 5.74) is 6.69. The summed E-state index contributed by atoms with van der Waals surface area (Å²) < 4.78 is 18.2. The third-order valence-electron chi connectivity index (χ3n) is 2.29. The minimum absolute atomic E-state index is 0. The Labute approximate surface area is 112 Å². The molecule has 3 N–H and O–H groups in total. The van der Waals surface area contributed by atoms with Crippen molar-refractivity contribution in [3.63, 3.8) is 0 Å². The predicted molar refractivity (Wildman–Crippen MR) is 69.9 cm³/mol. The highest BCUT2D eigenvalue weighted by Crippen LogP contribution is 2.11. The Morgan fingerprint density at radius 3 is 2.78 bits per heavy atom. The van der Waals surface area contributed by atoms with Crippen LogP contribution in [0.5, 0.6) is 0 Å². The first-order chi connectivity index (χ1) is 8.04. The molecule has 1 amide bonds. The highest BCUT2D eigenvalue weighted by atomic mass is 35.5. The van der Waals surface area contributed by atoms with Crippen molar-refractivity contribution >= 4 is 18.3 Å². The quantitative estimate of drug-likeness (QED) is 0.853. The largest absolute Gasteiger partial charge is 0.380 e. The van der Waals surface area contributed by atoms with Crippen molar-refractivity contribution in [1.82, 2.24) is 5.32 Å². The molecule has 0 bridgehead atoms. The van der Waals surface area contributed by atoms with Crippen molar-refractivity contribution < 1.29 is 13.9 Å². The molecule has 4 nitrogen and oxygen atoms in total. The number of benzene rings is 1. The van der Waals surface area contributed by atoms with Gasteiger partial charge in [0.25, 0.3) is 0 Å². The Bertz CT molecular complexity index is 400. The lowest BCUT2D eigenvalue weighted by molar-refractivity contribution is -0.122. The molecule has 1 aromatic rings. The van der Waals surface area contributed by atoms with Crippen molar-refractivity contribution in [2.24, 2.45) is 5.73 Å². The Hall–Kier alpha value is -1.17. The number of carbonyl (C=O) groups is 1. The molecule has 0 aliphatic carbocycles. The maximum absolute atomic E-state index is 13.3. The van der Waals surface area contributed by atoms with Gasteiger partial charge in [-0.2, -0.15) is 0 Å². The van der Waals surface area contributed by atoms with E-state index in [0.29, 0.717) is 12.1 Å². The molecule has 102 valence electrons. The Morgan fingerprint density at radius 1 is 1.56 bits per heavy atom. The van der Waals surface area contributed by atoms with Gasteiger partial charge in [-0.1, -0.05) is 6.07 Å². The van der Waals surface area contributed by atoms with Crippen LogP contribution in [-0.4, -0.2) is 19.1 Å². The fraction of sp³-hybridized carbons (Fsp3) is 0.417. The lowest BCUT2D eigenvalue weighted by atomic mass is 10.1. The van der Waals surface area contributed by atoms with Crippen molar-refractivity contribution in [2.45, 2.75) is 26.1 Å². The van der Waals surface area contributed by atoms with Crippen LogP contribution in [0.3, 0.4) is 0 Å². The van der Waals surface area contributed by atoms with Gasteiger partial charge < -0.3 is 15.8 Å². The van der Waals surface area contributed by atoms with E-state index in [2.05, 4.69) is 5.32 Å². The molecule has 0 saturated carbocycles. The van der Waals surface area contributed by atoms with E-state index in [4.69, 9.17) is 10.5 Å². The highest BCUT2D eigenvalue weighted by molar-refractivity contribution is 5.85. The topological polar surface area (TPSA) is 64.3 Å². The normalized spacial score (nSPS) is 11.6. The van der Waals surface area contributed by atoms with E-state index >= 15 is 0 Å². The van der Waals surface area contributed by atoms with Gasteiger partial charge in [0.15, 0.2) is 0 Å². The maximum Gasteiger partial charge on any atom is 0.236 e. The van der Waals surface area contributed by atoms with Crippen LogP contribution in [0.25, 0.3) is 0 Å². The van der Waals surface area contributed by atoms with Crippen molar-refractivity contribution in [2.75, 3.05) is 7.11 Å². The van der Waals surface area contributed by atoms with Crippen LogP contribution in [0, 0.1) is 5.82 Å². The first-order valence-corrected chi connectivity index (χ1v) is 5.34. The van der Waals surface area contributed by atoms with Crippen molar-refractivity contribution in [1.29, 1.82) is 0 Å². The lowest BCUT2D eigenvalue weighted by Gasteiger charge is -2.09. The van der Waals surface area contributed by atoms with E-state index in [-0.39, 0.29) is 30.7 Å². The minimum atomic E-state index is -0.547. The Morgan fingerprint density at radius 2 is 2.22 bits per heavy atom. The molecule has 0 unspecified atom stereocenters. The standard InChI is InChI=1S/C12H17FN2O2.ClH/c1-8(14)12(16)15-6-9-3-4-11(13)10(5-9)7-17-2;/h3-5,8H,6-7,14H2,1-2H3,(H,15,16);1H/t8-;/m0./s1. The summed E-state index contributed by atoms with van der Waals surface area (Å²) in [6.45, 7) is 2.15. The van der Waals surface area contributed by atoms with Gasteiger partial charge in [0.1, 0.15) is 5.82 Å². The fourth-order valence-corrected chi connectivity index (χ4v) is 1.35. The fourth-order valence-electron chi connectivity index (χ4n) is 1.35. The first kappa shape index (κ1) is 16.8. The third-order valence-corrected chi connectivity index (χ3v) is 2.29. The van der Waals surface area contributed by atoms with Gasteiger partial charge in [-0.25, -0.2) is 4.39 Å². The molecule has 0 heterocycles. The molecular formula is C12H18ClFN2O2. The second-order valence-electron chi connectivity index (χ2n) is 3.87. The van der Waals surface area contributed by atoms with Crippen LogP contribution in [0.2, 0.25) is 0 Å². The van der Waals surface area contributed by atoms with Gasteiger partial charge in [-0.15, -0.1) is 12.4 Å². The number of carbonyl (C=O) groups excluding carboxylic acids is 1. The summed E-state index contributed by atoms with van der Waals surface area (Å²) in [5, 5.41) is 2.66. The number of methoxy groups -OCH3 is 1. The zero-order valence-corrected chi connectivity index (χ0v) is 11.2. The van der Waals surface area contributed by atoms with Crippen LogP contribution < -0.4 is 11.1 Å². The van der Waals surface area contributed by atoms with Crippen LogP contribution in [0.4, 0.5) is 4.39 Å². The molecule has 0 aromatic heterocycles. The summed E-state index contributed by atoms with van der Waals surface area (Å²) in [7, 11) is 1.50. The molecule has 1 aromatic carbocycles. The zero-order valence-electron chi connectivity index (χ0n) is 10.4. The Kier molecular flexibility index (Phi) is 7.50. The third kappa shape index (κ3) is 5.00. The maximum atomic E-state index is 13.3. The van der Waals surface area contributed by atoms with Crippen molar-refractivity contribution in [3.8, 4) is 0 Å². The van der Waals surface area contributed by atoms with E-state index in [1.54, 1.807) is 19.1 Å². The number of ether oxygens (including phenoxy) is 1. The average molecular weight is 277 g/mol. The number of amides is 1. The number of hydrogen-bond acceptors (Lipinski definition) is 3. The van der Waals surface area contributed by atoms with Crippen LogP contribution >= 0.6 is 12.4 Å². The van der Waals surface area contributed by atoms with Crippen molar-refractivity contribution in [3.05, 3.63) is 35.1 Å². The zero-order chi connectivity index (χ0) is 12.8. The van der Waals surface area contributed by atoms with Gasteiger partial charge in [0.2, 0.25) is 5.91 Å². The molecule has 1 rings (SSSR count). The molecule has 1 atom stereocenters. The average Bonchev–Trinajstić information content (AvgIpc) is 2.29. The second kappa shape index (κ2) is 8.02. The number of hydrogen-bond donors (Lipinski definition) is 2. The van der Waals surface area contributed by atoms with E-state index in [1.807, 2.05) is 0 Å². The Balaban J connectivity index is 0.00000289. The number of halogens is 2. The number of rotatable bonds is 5. The summed E-state index contributed by atoms with van der Waals surface area (Å²) in [5.74, 6) is -0.545. The summed E-state index contributed by atoms with van der Waals surface area (Å²) in [4.78, 5) is 11.3. The lowest BCUT2D eigenvalue weighted by Crippen LogP contribution is -2.37. The molecule has 0 radical (unpaired) electrons.